The summed E-state index contributed by atoms with van der Waals surface area (Å²) in [5.74, 6) is 0. The van der Waals surface area contributed by atoms with Gasteiger partial charge in [0.15, 0.2) is 0 Å². The number of aryl methyl sites for hydroxylation is 1. The quantitative estimate of drug-likeness (QED) is 0.530. The fourth-order valence-electron chi connectivity index (χ4n) is 1.03. The molecular formula is C10H14N2. The van der Waals surface area contributed by atoms with E-state index in [0.717, 1.165) is 12.8 Å². The van der Waals surface area contributed by atoms with Crippen molar-refractivity contribution in [1.29, 1.82) is 0 Å². The molecule has 0 aliphatic carbocycles. The molecule has 0 unspecified atom stereocenters. The maximum atomic E-state index is 3.91. The summed E-state index contributed by atoms with van der Waals surface area (Å²) in [6, 6.07) is 10.4. The summed E-state index contributed by atoms with van der Waals surface area (Å²) < 4.78 is 0. The Morgan fingerprint density at radius 1 is 1.33 bits per heavy atom. The van der Waals surface area contributed by atoms with Gasteiger partial charge >= 0.3 is 0 Å². The molecule has 0 heterocycles. The minimum atomic E-state index is 0.991. The largest absolute Gasteiger partial charge is 0.313 e. The third kappa shape index (κ3) is 3.19. The van der Waals surface area contributed by atoms with Crippen LogP contribution in [0.4, 0.5) is 0 Å². The van der Waals surface area contributed by atoms with E-state index >= 15 is 0 Å². The third-order valence-electron chi connectivity index (χ3n) is 1.63. The van der Waals surface area contributed by atoms with E-state index in [1.165, 1.54) is 5.56 Å². The second-order valence-corrected chi connectivity index (χ2v) is 2.56. The van der Waals surface area contributed by atoms with Gasteiger partial charge in [0.2, 0.25) is 0 Å². The highest BCUT2D eigenvalue weighted by Gasteiger charge is 1.87. The van der Waals surface area contributed by atoms with Crippen molar-refractivity contribution in [3.63, 3.8) is 0 Å². The Morgan fingerprint density at radius 2 is 2.08 bits per heavy atom. The van der Waals surface area contributed by atoms with Gasteiger partial charge in [-0.15, -0.1) is 0 Å². The zero-order valence-corrected chi connectivity index (χ0v) is 7.33. The van der Waals surface area contributed by atoms with Crippen LogP contribution in [0.5, 0.6) is 0 Å². The Morgan fingerprint density at radius 3 is 2.75 bits per heavy atom. The molecule has 0 spiro atoms. The number of hydrazone groups is 1. The highest BCUT2D eigenvalue weighted by Crippen LogP contribution is 2.00. The smallest absolute Gasteiger partial charge is 0.0245 e. The maximum absolute atomic E-state index is 3.91. The Labute approximate surface area is 73.3 Å². The third-order valence-corrected chi connectivity index (χ3v) is 1.63. The first kappa shape index (κ1) is 8.78. The first-order valence-corrected chi connectivity index (χ1v) is 4.15. The lowest BCUT2D eigenvalue weighted by Gasteiger charge is -1.95. The number of nitrogens with zero attached hydrogens (tertiary/aromatic N) is 1. The van der Waals surface area contributed by atoms with Gasteiger partial charge < -0.3 is 5.43 Å². The minimum absolute atomic E-state index is 0.991. The van der Waals surface area contributed by atoms with Crippen LogP contribution < -0.4 is 5.43 Å². The van der Waals surface area contributed by atoms with Gasteiger partial charge in [-0.2, -0.15) is 5.10 Å². The Kier molecular flexibility index (Phi) is 3.92. The molecule has 64 valence electrons. The van der Waals surface area contributed by atoms with E-state index in [9.17, 15) is 0 Å². The molecular weight excluding hydrogens is 148 g/mol. The fourth-order valence-corrected chi connectivity index (χ4v) is 1.03. The Hall–Kier alpha value is -1.31. The maximum Gasteiger partial charge on any atom is 0.0245 e. The molecule has 0 fully saturated rings. The molecule has 1 aromatic carbocycles. The molecule has 2 nitrogen and oxygen atoms in total. The lowest BCUT2D eigenvalue weighted by atomic mass is 10.1. The standard InChI is InChI=1S/C10H14N2/c1-11-12-9-5-8-10-6-3-2-4-7-10/h2-4,6-7,9,11H,5,8H2,1H3. The first-order chi connectivity index (χ1) is 5.93. The number of nitrogens with one attached hydrogen (secondary N) is 1. The highest BCUT2D eigenvalue weighted by molar-refractivity contribution is 5.57. The molecule has 1 N–H and O–H groups in total. The van der Waals surface area contributed by atoms with Crippen molar-refractivity contribution < 1.29 is 0 Å². The summed E-state index contributed by atoms with van der Waals surface area (Å²) in [6.07, 6.45) is 3.95. The SMILES string of the molecule is CNN=CCCc1ccccc1. The molecule has 0 aromatic heterocycles. The summed E-state index contributed by atoms with van der Waals surface area (Å²) >= 11 is 0. The first-order valence-electron chi connectivity index (χ1n) is 4.15. The van der Waals surface area contributed by atoms with Gasteiger partial charge in [0.1, 0.15) is 0 Å². The molecule has 0 aliphatic heterocycles. The van der Waals surface area contributed by atoms with Crippen LogP contribution in [-0.4, -0.2) is 13.3 Å². The fraction of sp³-hybridized carbons (Fsp3) is 0.300. The van der Waals surface area contributed by atoms with Gasteiger partial charge in [0.25, 0.3) is 0 Å². The zero-order valence-electron chi connectivity index (χ0n) is 7.33. The van der Waals surface area contributed by atoms with Crippen molar-refractivity contribution in [2.75, 3.05) is 7.05 Å². The van der Waals surface area contributed by atoms with Crippen LogP contribution in [0.1, 0.15) is 12.0 Å². The van der Waals surface area contributed by atoms with Crippen LogP contribution in [0.2, 0.25) is 0 Å². The van der Waals surface area contributed by atoms with Crippen LogP contribution in [0.3, 0.4) is 0 Å². The molecule has 0 aliphatic rings. The minimum Gasteiger partial charge on any atom is -0.313 e. The monoisotopic (exact) mass is 162 g/mol. The number of rotatable bonds is 4. The summed E-state index contributed by atoms with van der Waals surface area (Å²) in [5.41, 5.74) is 4.08. The van der Waals surface area contributed by atoms with E-state index in [-0.39, 0.29) is 0 Å². The zero-order chi connectivity index (χ0) is 8.65. The second kappa shape index (κ2) is 5.35. The van der Waals surface area contributed by atoms with E-state index in [1.54, 1.807) is 7.05 Å². The molecule has 0 radical (unpaired) electrons. The predicted octanol–water partition coefficient (Wildman–Crippen LogP) is 1.82. The second-order valence-electron chi connectivity index (χ2n) is 2.56. The van der Waals surface area contributed by atoms with Crippen molar-refractivity contribution in [2.24, 2.45) is 5.10 Å². The molecule has 0 saturated carbocycles. The Balaban J connectivity index is 2.29. The van der Waals surface area contributed by atoms with Gasteiger partial charge in [0.05, 0.1) is 0 Å². The average Bonchev–Trinajstić information content (AvgIpc) is 2.14. The molecule has 12 heavy (non-hydrogen) atoms. The number of hydrogen-bond acceptors (Lipinski definition) is 2. The van der Waals surface area contributed by atoms with Gasteiger partial charge in [-0.25, -0.2) is 0 Å². The van der Waals surface area contributed by atoms with Gasteiger partial charge in [0, 0.05) is 13.3 Å². The lowest BCUT2D eigenvalue weighted by molar-refractivity contribution is 0.894. The molecule has 0 bridgehead atoms. The molecule has 0 saturated heterocycles. The van der Waals surface area contributed by atoms with Crippen LogP contribution in [0.25, 0.3) is 0 Å². The van der Waals surface area contributed by atoms with E-state index in [2.05, 4.69) is 34.8 Å². The molecule has 0 amide bonds. The molecule has 0 atom stereocenters. The lowest BCUT2D eigenvalue weighted by Crippen LogP contribution is -1.94. The van der Waals surface area contributed by atoms with Gasteiger partial charge in [-0.3, -0.25) is 0 Å². The Bertz CT molecular complexity index is 229. The van der Waals surface area contributed by atoms with E-state index < -0.39 is 0 Å². The van der Waals surface area contributed by atoms with Crippen LogP contribution in [-0.2, 0) is 6.42 Å². The van der Waals surface area contributed by atoms with Crippen molar-refractivity contribution in [3.8, 4) is 0 Å². The van der Waals surface area contributed by atoms with E-state index in [1.807, 2.05) is 12.3 Å². The van der Waals surface area contributed by atoms with Crippen molar-refractivity contribution >= 4 is 6.21 Å². The van der Waals surface area contributed by atoms with E-state index in [0.29, 0.717) is 0 Å². The van der Waals surface area contributed by atoms with Crippen molar-refractivity contribution in [2.45, 2.75) is 12.8 Å². The van der Waals surface area contributed by atoms with Crippen LogP contribution in [0, 0.1) is 0 Å². The van der Waals surface area contributed by atoms with Gasteiger partial charge in [-0.1, -0.05) is 30.3 Å². The average molecular weight is 162 g/mol. The summed E-state index contributed by atoms with van der Waals surface area (Å²) in [6.45, 7) is 0. The summed E-state index contributed by atoms with van der Waals surface area (Å²) in [4.78, 5) is 0. The summed E-state index contributed by atoms with van der Waals surface area (Å²) in [7, 11) is 1.80. The molecule has 2 heteroatoms. The molecule has 1 rings (SSSR count). The highest BCUT2D eigenvalue weighted by atomic mass is 15.3. The predicted molar refractivity (Wildman–Crippen MR) is 52.3 cm³/mol. The number of hydrogen-bond donors (Lipinski definition) is 1. The topological polar surface area (TPSA) is 24.4 Å². The van der Waals surface area contributed by atoms with Crippen LogP contribution in [0.15, 0.2) is 35.4 Å². The van der Waals surface area contributed by atoms with Crippen molar-refractivity contribution in [1.82, 2.24) is 5.43 Å². The summed E-state index contributed by atoms with van der Waals surface area (Å²) in [5, 5.41) is 3.91. The van der Waals surface area contributed by atoms with Gasteiger partial charge in [-0.05, 0) is 18.4 Å². The van der Waals surface area contributed by atoms with E-state index in [4.69, 9.17) is 0 Å². The van der Waals surface area contributed by atoms with Crippen LogP contribution >= 0.6 is 0 Å². The van der Waals surface area contributed by atoms with Crippen molar-refractivity contribution in [3.05, 3.63) is 35.9 Å². The normalized spacial score (nSPS) is 10.4. The number of benzene rings is 1. The molecule has 1 aromatic rings.